The van der Waals surface area contributed by atoms with Gasteiger partial charge in [0.1, 0.15) is 12.1 Å². The number of rotatable bonds is 13. The molecule has 0 aliphatic rings. The predicted molar refractivity (Wildman–Crippen MR) is 102 cm³/mol. The molecule has 0 spiro atoms. The van der Waals surface area contributed by atoms with Gasteiger partial charge in [0.15, 0.2) is 6.04 Å². The largest absolute Gasteiger partial charge is 0.481 e. The summed E-state index contributed by atoms with van der Waals surface area (Å²) in [6.45, 7) is 3.76. The summed E-state index contributed by atoms with van der Waals surface area (Å²) < 4.78 is 0. The summed E-state index contributed by atoms with van der Waals surface area (Å²) in [6.07, 6.45) is -1.83. The van der Waals surface area contributed by atoms with Gasteiger partial charge in [0.2, 0.25) is 17.7 Å². The molecule has 0 aliphatic carbocycles. The van der Waals surface area contributed by atoms with Crippen molar-refractivity contribution >= 4 is 29.7 Å². The van der Waals surface area contributed by atoms with E-state index >= 15 is 0 Å². The number of carbonyl (C=O) groups is 5. The van der Waals surface area contributed by atoms with Crippen LogP contribution in [0.1, 0.15) is 33.6 Å². The first-order chi connectivity index (χ1) is 13.8. The Morgan fingerprint density at radius 1 is 0.900 bits per heavy atom. The van der Waals surface area contributed by atoms with E-state index in [1.165, 1.54) is 0 Å². The second-order valence-electron chi connectivity index (χ2n) is 6.88. The fourth-order valence-corrected chi connectivity index (χ4v) is 2.27. The molecule has 0 saturated carbocycles. The number of nitrogens with one attached hydrogen (secondary N) is 3. The summed E-state index contributed by atoms with van der Waals surface area (Å²) in [5.41, 5.74) is 5.75. The van der Waals surface area contributed by atoms with E-state index in [0.717, 1.165) is 6.92 Å². The molecule has 0 aliphatic heterocycles. The molecule has 0 radical (unpaired) electrons. The molecule has 13 nitrogen and oxygen atoms in total. The third-order valence-corrected chi connectivity index (χ3v) is 4.43. The number of aliphatic carboxylic acids is 2. The van der Waals surface area contributed by atoms with Crippen molar-refractivity contribution in [3.8, 4) is 0 Å². The fraction of sp³-hybridized carbons (Fsp3) is 0.706. The topological polar surface area (TPSA) is 228 Å². The molecular formula is C17H30N4O9. The molecule has 0 bridgehead atoms. The van der Waals surface area contributed by atoms with Crippen molar-refractivity contribution in [2.75, 3.05) is 6.61 Å². The zero-order valence-electron chi connectivity index (χ0n) is 17.0. The number of nitrogens with two attached hydrogens (primary N) is 1. The smallest absolute Gasteiger partial charge is 0.328 e. The predicted octanol–water partition coefficient (Wildman–Crippen LogP) is -3.25. The van der Waals surface area contributed by atoms with Crippen molar-refractivity contribution in [3.05, 3.63) is 0 Å². The summed E-state index contributed by atoms with van der Waals surface area (Å²) in [4.78, 5) is 58.9. The molecule has 9 N–H and O–H groups in total. The lowest BCUT2D eigenvalue weighted by atomic mass is 9.99. The van der Waals surface area contributed by atoms with Gasteiger partial charge in [-0.2, -0.15) is 0 Å². The number of carboxylic acid groups (broad SMARTS) is 2. The lowest BCUT2D eigenvalue weighted by molar-refractivity contribution is -0.146. The summed E-state index contributed by atoms with van der Waals surface area (Å²) >= 11 is 0. The van der Waals surface area contributed by atoms with Gasteiger partial charge < -0.3 is 42.1 Å². The number of aliphatic hydroxyl groups is 2. The highest BCUT2D eigenvalue weighted by Crippen LogP contribution is 2.06. The van der Waals surface area contributed by atoms with Crippen LogP contribution < -0.4 is 21.7 Å². The molecule has 3 amide bonds. The van der Waals surface area contributed by atoms with Crippen LogP contribution in [-0.4, -0.2) is 87.0 Å². The Morgan fingerprint density at radius 3 is 1.80 bits per heavy atom. The molecule has 0 saturated heterocycles. The number of carboxylic acids is 2. The van der Waals surface area contributed by atoms with E-state index < -0.39 is 73.0 Å². The van der Waals surface area contributed by atoms with Crippen LogP contribution in [0.5, 0.6) is 0 Å². The van der Waals surface area contributed by atoms with Crippen molar-refractivity contribution in [2.45, 2.75) is 63.9 Å². The van der Waals surface area contributed by atoms with Crippen LogP contribution in [0.4, 0.5) is 0 Å². The maximum Gasteiger partial charge on any atom is 0.328 e. The Bertz CT molecular complexity index is 641. The second kappa shape index (κ2) is 12.7. The van der Waals surface area contributed by atoms with E-state index in [4.69, 9.17) is 15.9 Å². The number of hydrogen-bond donors (Lipinski definition) is 8. The monoisotopic (exact) mass is 434 g/mol. The van der Waals surface area contributed by atoms with Gasteiger partial charge in [0.05, 0.1) is 25.2 Å². The molecule has 6 unspecified atom stereocenters. The molecule has 13 heteroatoms. The Balaban J connectivity index is 5.31. The molecule has 0 rings (SSSR count). The van der Waals surface area contributed by atoms with Crippen molar-refractivity contribution in [1.82, 2.24) is 16.0 Å². The average molecular weight is 434 g/mol. The minimum absolute atomic E-state index is 0.216. The van der Waals surface area contributed by atoms with E-state index in [1.54, 1.807) is 13.8 Å². The molecule has 6 atom stereocenters. The van der Waals surface area contributed by atoms with Crippen LogP contribution >= 0.6 is 0 Å². The Kier molecular flexibility index (Phi) is 11.5. The highest BCUT2D eigenvalue weighted by atomic mass is 16.4. The maximum atomic E-state index is 12.4. The van der Waals surface area contributed by atoms with Crippen LogP contribution in [0, 0.1) is 5.92 Å². The molecule has 0 heterocycles. The summed E-state index contributed by atoms with van der Waals surface area (Å²) in [5, 5.41) is 43.0. The average Bonchev–Trinajstić information content (AvgIpc) is 2.66. The number of carbonyl (C=O) groups excluding carboxylic acids is 3. The standard InChI is InChI=1S/C17H30N4O9/c1-4-7(2)12(18)16(28)20-10(6-22)15(27)19-9(5-11(24)25)14(26)21-13(8(3)23)17(29)30/h7-10,12-13,22-23H,4-6,18H2,1-3H3,(H,19,27)(H,20,28)(H,21,26)(H,24,25)(H,29,30). The quantitative estimate of drug-likeness (QED) is 0.144. The van der Waals surface area contributed by atoms with E-state index in [-0.39, 0.29) is 5.92 Å². The summed E-state index contributed by atoms with van der Waals surface area (Å²) in [5.74, 6) is -6.25. The first-order valence-corrected chi connectivity index (χ1v) is 9.25. The zero-order valence-corrected chi connectivity index (χ0v) is 17.0. The van der Waals surface area contributed by atoms with Gasteiger partial charge in [0, 0.05) is 0 Å². The van der Waals surface area contributed by atoms with E-state index in [0.29, 0.717) is 6.42 Å². The minimum Gasteiger partial charge on any atom is -0.481 e. The highest BCUT2D eigenvalue weighted by Gasteiger charge is 2.33. The highest BCUT2D eigenvalue weighted by molar-refractivity contribution is 5.95. The summed E-state index contributed by atoms with van der Waals surface area (Å²) in [7, 11) is 0. The lowest BCUT2D eigenvalue weighted by Gasteiger charge is -2.25. The van der Waals surface area contributed by atoms with Crippen LogP contribution in [-0.2, 0) is 24.0 Å². The van der Waals surface area contributed by atoms with Crippen LogP contribution in [0.2, 0.25) is 0 Å². The Labute approximate surface area is 173 Å². The number of hydrogen-bond acceptors (Lipinski definition) is 8. The SMILES string of the molecule is CCC(C)C(N)C(=O)NC(CO)C(=O)NC(CC(=O)O)C(=O)NC(C(=O)O)C(C)O. The van der Waals surface area contributed by atoms with Crippen molar-refractivity contribution in [1.29, 1.82) is 0 Å². The fourth-order valence-electron chi connectivity index (χ4n) is 2.27. The third kappa shape index (κ3) is 8.71. The van der Waals surface area contributed by atoms with Gasteiger partial charge in [0.25, 0.3) is 0 Å². The summed E-state index contributed by atoms with van der Waals surface area (Å²) in [6, 6.07) is -5.96. The van der Waals surface area contributed by atoms with E-state index in [9.17, 15) is 34.2 Å². The first kappa shape index (κ1) is 27.2. The Morgan fingerprint density at radius 2 is 1.40 bits per heavy atom. The van der Waals surface area contributed by atoms with Gasteiger partial charge in [-0.25, -0.2) is 4.79 Å². The first-order valence-electron chi connectivity index (χ1n) is 9.25. The van der Waals surface area contributed by atoms with Crippen molar-refractivity contribution in [3.63, 3.8) is 0 Å². The van der Waals surface area contributed by atoms with Gasteiger partial charge in [-0.05, 0) is 12.8 Å². The van der Waals surface area contributed by atoms with Crippen LogP contribution in [0.25, 0.3) is 0 Å². The van der Waals surface area contributed by atoms with Gasteiger partial charge in [-0.1, -0.05) is 20.3 Å². The lowest BCUT2D eigenvalue weighted by Crippen LogP contribution is -2.59. The molecule has 0 aromatic carbocycles. The third-order valence-electron chi connectivity index (χ3n) is 4.43. The molecule has 0 aromatic rings. The van der Waals surface area contributed by atoms with E-state index in [2.05, 4.69) is 5.32 Å². The Hall–Kier alpha value is -2.77. The second-order valence-corrected chi connectivity index (χ2v) is 6.88. The number of aliphatic hydroxyl groups excluding tert-OH is 2. The van der Waals surface area contributed by atoms with E-state index in [1.807, 2.05) is 10.6 Å². The maximum absolute atomic E-state index is 12.4. The molecular weight excluding hydrogens is 404 g/mol. The normalized spacial score (nSPS) is 16.9. The number of amides is 3. The van der Waals surface area contributed by atoms with Crippen molar-refractivity contribution in [2.24, 2.45) is 11.7 Å². The van der Waals surface area contributed by atoms with Gasteiger partial charge in [-0.3, -0.25) is 19.2 Å². The molecule has 0 fully saturated rings. The van der Waals surface area contributed by atoms with Crippen LogP contribution in [0.3, 0.4) is 0 Å². The molecule has 0 aromatic heterocycles. The van der Waals surface area contributed by atoms with Gasteiger partial charge >= 0.3 is 11.9 Å². The van der Waals surface area contributed by atoms with Crippen molar-refractivity contribution < 1.29 is 44.4 Å². The minimum atomic E-state index is -1.74. The van der Waals surface area contributed by atoms with Gasteiger partial charge in [-0.15, -0.1) is 0 Å². The molecule has 30 heavy (non-hydrogen) atoms. The zero-order chi connectivity index (χ0) is 23.6. The molecule has 172 valence electrons. The van der Waals surface area contributed by atoms with Crippen LogP contribution in [0.15, 0.2) is 0 Å².